The highest BCUT2D eigenvalue weighted by atomic mass is 35.5. The molecule has 0 amide bonds. The Labute approximate surface area is 155 Å². The maximum Gasteiger partial charge on any atom is 0.243 e. The van der Waals surface area contributed by atoms with Crippen molar-refractivity contribution in [2.24, 2.45) is 0 Å². The minimum absolute atomic E-state index is 0.104. The molecule has 3 rings (SSSR count). The molecule has 0 saturated carbocycles. The van der Waals surface area contributed by atoms with Crippen LogP contribution in [0.3, 0.4) is 0 Å². The van der Waals surface area contributed by atoms with Gasteiger partial charge in [-0.15, -0.1) is 0 Å². The van der Waals surface area contributed by atoms with Crippen molar-refractivity contribution in [1.82, 2.24) is 4.31 Å². The summed E-state index contributed by atoms with van der Waals surface area (Å²) in [4.78, 5) is 2.52. The van der Waals surface area contributed by atoms with E-state index < -0.39 is 10.0 Å². The Morgan fingerprint density at radius 1 is 1.04 bits per heavy atom. The molecule has 1 unspecified atom stereocenters. The molecule has 6 heteroatoms. The maximum absolute atomic E-state index is 12.9. The van der Waals surface area contributed by atoms with Gasteiger partial charge in [0.05, 0.1) is 4.90 Å². The number of rotatable bonds is 3. The highest BCUT2D eigenvalue weighted by molar-refractivity contribution is 7.89. The number of anilines is 1. The van der Waals surface area contributed by atoms with E-state index in [0.717, 1.165) is 11.3 Å². The maximum atomic E-state index is 12.9. The van der Waals surface area contributed by atoms with E-state index in [-0.39, 0.29) is 10.9 Å². The van der Waals surface area contributed by atoms with Crippen LogP contribution in [0.25, 0.3) is 0 Å². The number of hydrogen-bond acceptors (Lipinski definition) is 3. The van der Waals surface area contributed by atoms with Crippen molar-refractivity contribution in [3.05, 3.63) is 58.6 Å². The minimum atomic E-state index is -3.52. The molecule has 25 heavy (non-hydrogen) atoms. The Hall–Kier alpha value is -1.56. The number of aryl methyl sites for hydroxylation is 2. The molecule has 0 N–H and O–H groups in total. The van der Waals surface area contributed by atoms with Crippen molar-refractivity contribution in [2.75, 3.05) is 24.5 Å². The predicted octanol–water partition coefficient (Wildman–Crippen LogP) is 3.86. The van der Waals surface area contributed by atoms with E-state index in [2.05, 4.69) is 43.0 Å². The summed E-state index contributed by atoms with van der Waals surface area (Å²) in [7, 11) is -3.52. The summed E-state index contributed by atoms with van der Waals surface area (Å²) in [6.45, 7) is 7.58. The molecule has 0 aliphatic carbocycles. The molecule has 0 radical (unpaired) electrons. The summed E-state index contributed by atoms with van der Waals surface area (Å²) in [5.74, 6) is 0. The molecule has 0 bridgehead atoms. The van der Waals surface area contributed by atoms with Crippen molar-refractivity contribution >= 4 is 27.3 Å². The summed E-state index contributed by atoms with van der Waals surface area (Å²) in [6.07, 6.45) is 0. The smallest absolute Gasteiger partial charge is 0.243 e. The van der Waals surface area contributed by atoms with Crippen LogP contribution in [0.4, 0.5) is 5.69 Å². The highest BCUT2D eigenvalue weighted by Gasteiger charge is 2.32. The molecule has 1 heterocycles. The highest BCUT2D eigenvalue weighted by Crippen LogP contribution is 2.27. The molecule has 1 fully saturated rings. The zero-order chi connectivity index (χ0) is 18.2. The summed E-state index contributed by atoms with van der Waals surface area (Å²) in [5.41, 5.74) is 3.22. The van der Waals surface area contributed by atoms with Crippen molar-refractivity contribution in [3.63, 3.8) is 0 Å². The van der Waals surface area contributed by atoms with Gasteiger partial charge in [-0.25, -0.2) is 8.42 Å². The largest absolute Gasteiger partial charge is 0.366 e. The lowest BCUT2D eigenvalue weighted by Crippen LogP contribution is -2.53. The Morgan fingerprint density at radius 2 is 1.72 bits per heavy atom. The van der Waals surface area contributed by atoms with E-state index in [1.807, 2.05) is 6.92 Å². The van der Waals surface area contributed by atoms with Crippen LogP contribution in [-0.2, 0) is 10.0 Å². The van der Waals surface area contributed by atoms with Gasteiger partial charge in [0, 0.05) is 36.4 Å². The number of piperazine rings is 1. The van der Waals surface area contributed by atoms with E-state index >= 15 is 0 Å². The molecule has 0 spiro atoms. The van der Waals surface area contributed by atoms with Gasteiger partial charge in [-0.1, -0.05) is 35.4 Å². The second-order valence-corrected chi connectivity index (χ2v) is 9.00. The van der Waals surface area contributed by atoms with Crippen LogP contribution < -0.4 is 4.90 Å². The first-order valence-electron chi connectivity index (χ1n) is 8.38. The average Bonchev–Trinajstić information content (AvgIpc) is 2.58. The van der Waals surface area contributed by atoms with Crippen molar-refractivity contribution in [3.8, 4) is 0 Å². The number of halogens is 1. The van der Waals surface area contributed by atoms with Gasteiger partial charge in [-0.3, -0.25) is 0 Å². The predicted molar refractivity (Wildman–Crippen MR) is 103 cm³/mol. The van der Waals surface area contributed by atoms with Gasteiger partial charge in [0.15, 0.2) is 0 Å². The second kappa shape index (κ2) is 6.98. The first-order valence-corrected chi connectivity index (χ1v) is 10.2. The fraction of sp³-hybridized carbons (Fsp3) is 0.368. The third-order valence-corrected chi connectivity index (χ3v) is 7.01. The van der Waals surface area contributed by atoms with Gasteiger partial charge < -0.3 is 4.90 Å². The standard InChI is InChI=1S/C19H23ClN2O2S/c1-14-4-7-17(8-5-14)22-11-10-21(13-16(22)3)25(23,24)18-9-6-15(2)19(20)12-18/h4-9,12,16H,10-11,13H2,1-3H3. The third kappa shape index (κ3) is 3.68. The van der Waals surface area contributed by atoms with Crippen molar-refractivity contribution in [2.45, 2.75) is 31.7 Å². The lowest BCUT2D eigenvalue weighted by molar-refractivity contribution is 0.342. The first kappa shape index (κ1) is 18.2. The molecule has 0 aromatic heterocycles. The summed E-state index contributed by atoms with van der Waals surface area (Å²) in [6, 6.07) is 13.4. The van der Waals surface area contributed by atoms with Crippen LogP contribution >= 0.6 is 11.6 Å². The van der Waals surface area contributed by atoms with Crippen LogP contribution in [0.2, 0.25) is 5.02 Å². The third-order valence-electron chi connectivity index (χ3n) is 4.74. The Balaban J connectivity index is 1.79. The van der Waals surface area contributed by atoms with Crippen LogP contribution in [0.1, 0.15) is 18.1 Å². The van der Waals surface area contributed by atoms with Crippen LogP contribution in [0.5, 0.6) is 0 Å². The molecule has 1 atom stereocenters. The molecule has 134 valence electrons. The van der Waals surface area contributed by atoms with Crippen LogP contribution in [-0.4, -0.2) is 38.4 Å². The van der Waals surface area contributed by atoms with E-state index in [1.165, 1.54) is 5.56 Å². The number of benzene rings is 2. The molecule has 1 saturated heterocycles. The monoisotopic (exact) mass is 378 g/mol. The molecular weight excluding hydrogens is 356 g/mol. The Bertz CT molecular complexity index is 865. The molecule has 1 aliphatic rings. The number of hydrogen-bond donors (Lipinski definition) is 0. The van der Waals surface area contributed by atoms with Crippen molar-refractivity contribution < 1.29 is 8.42 Å². The van der Waals surface area contributed by atoms with Gasteiger partial charge in [-0.2, -0.15) is 4.31 Å². The van der Waals surface area contributed by atoms with Gasteiger partial charge in [0.2, 0.25) is 10.0 Å². The van der Waals surface area contributed by atoms with Gasteiger partial charge in [0.25, 0.3) is 0 Å². The Kier molecular flexibility index (Phi) is 5.09. The molecular formula is C19H23ClN2O2S. The van der Waals surface area contributed by atoms with Gasteiger partial charge in [0.1, 0.15) is 0 Å². The average molecular weight is 379 g/mol. The van der Waals surface area contributed by atoms with Gasteiger partial charge in [-0.05, 0) is 50.6 Å². The van der Waals surface area contributed by atoms with Crippen LogP contribution in [0.15, 0.2) is 47.4 Å². The lowest BCUT2D eigenvalue weighted by atomic mass is 10.1. The molecule has 4 nitrogen and oxygen atoms in total. The molecule has 2 aromatic carbocycles. The fourth-order valence-corrected chi connectivity index (χ4v) is 4.93. The zero-order valence-corrected chi connectivity index (χ0v) is 16.3. The number of nitrogens with zero attached hydrogens (tertiary/aromatic N) is 2. The molecule has 1 aliphatic heterocycles. The first-order chi connectivity index (χ1) is 11.8. The van der Waals surface area contributed by atoms with E-state index in [0.29, 0.717) is 24.7 Å². The SMILES string of the molecule is Cc1ccc(N2CCN(S(=O)(=O)c3ccc(C)c(Cl)c3)CC2C)cc1. The topological polar surface area (TPSA) is 40.6 Å². The van der Waals surface area contributed by atoms with Gasteiger partial charge >= 0.3 is 0 Å². The van der Waals surface area contributed by atoms with Crippen molar-refractivity contribution in [1.29, 1.82) is 0 Å². The second-order valence-electron chi connectivity index (χ2n) is 6.65. The van der Waals surface area contributed by atoms with E-state index in [1.54, 1.807) is 22.5 Å². The summed E-state index contributed by atoms with van der Waals surface area (Å²) < 4.78 is 27.4. The number of sulfonamides is 1. The van der Waals surface area contributed by atoms with Crippen LogP contribution in [0, 0.1) is 13.8 Å². The quantitative estimate of drug-likeness (QED) is 0.814. The lowest BCUT2D eigenvalue weighted by Gasteiger charge is -2.40. The van der Waals surface area contributed by atoms with E-state index in [4.69, 9.17) is 11.6 Å². The Morgan fingerprint density at radius 3 is 2.32 bits per heavy atom. The van der Waals surface area contributed by atoms with E-state index in [9.17, 15) is 8.42 Å². The normalized spacial score (nSPS) is 19.2. The zero-order valence-electron chi connectivity index (χ0n) is 14.7. The fourth-order valence-electron chi connectivity index (χ4n) is 3.15. The summed E-state index contributed by atoms with van der Waals surface area (Å²) in [5, 5.41) is 0.479. The molecule has 2 aromatic rings. The minimum Gasteiger partial charge on any atom is -0.366 e. The summed E-state index contributed by atoms with van der Waals surface area (Å²) >= 11 is 6.11.